The number of hydrogen-bond donors (Lipinski definition) is 6. The summed E-state index contributed by atoms with van der Waals surface area (Å²) in [5.41, 5.74) is 12.1. The van der Waals surface area contributed by atoms with Crippen molar-refractivity contribution in [1.82, 2.24) is 10.6 Å². The number of carbonyl (C=O) groups is 3. The molecule has 8 N–H and O–H groups in total. The van der Waals surface area contributed by atoms with Gasteiger partial charge in [-0.2, -0.15) is 0 Å². The zero-order valence-electron chi connectivity index (χ0n) is 23.1. The molecule has 4 unspecified atom stereocenters. The average molecular weight is 596 g/mol. The van der Waals surface area contributed by atoms with E-state index in [-0.39, 0.29) is 23.6 Å². The topological polar surface area (TPSA) is 206 Å². The zero-order chi connectivity index (χ0) is 30.9. The highest BCUT2D eigenvalue weighted by atomic mass is 31.2. The number of aliphatic imine (C=N–C) groups is 1. The maximum Gasteiger partial charge on any atom is 0.351 e. The van der Waals surface area contributed by atoms with Crippen molar-refractivity contribution in [3.05, 3.63) is 102 Å². The Morgan fingerprint density at radius 3 is 2.12 bits per heavy atom. The third-order valence-electron chi connectivity index (χ3n) is 6.13. The molecule has 0 fully saturated rings. The van der Waals surface area contributed by atoms with E-state index in [1.807, 2.05) is 0 Å². The molecule has 42 heavy (non-hydrogen) atoms. The first-order chi connectivity index (χ1) is 19.9. The molecule has 0 aromatic heterocycles. The normalized spacial score (nSPS) is 14.6. The Kier molecular flexibility index (Phi) is 11.0. The van der Waals surface area contributed by atoms with Crippen molar-refractivity contribution in [3.63, 3.8) is 0 Å². The van der Waals surface area contributed by atoms with Crippen molar-refractivity contribution < 1.29 is 33.5 Å². The van der Waals surface area contributed by atoms with Crippen molar-refractivity contribution in [2.45, 2.75) is 38.2 Å². The van der Waals surface area contributed by atoms with Gasteiger partial charge >= 0.3 is 13.6 Å². The van der Waals surface area contributed by atoms with Crippen LogP contribution in [0.2, 0.25) is 0 Å². The molecular weight excluding hydrogens is 561 g/mol. The van der Waals surface area contributed by atoms with Gasteiger partial charge in [-0.1, -0.05) is 74.5 Å². The van der Waals surface area contributed by atoms with Crippen LogP contribution in [0.1, 0.15) is 41.4 Å². The molecule has 3 aromatic carbocycles. The molecule has 4 atom stereocenters. The van der Waals surface area contributed by atoms with Crippen LogP contribution in [-0.2, 0) is 25.1 Å². The summed E-state index contributed by atoms with van der Waals surface area (Å²) in [5, 5.41) is 15.1. The van der Waals surface area contributed by atoms with Crippen molar-refractivity contribution in [3.8, 4) is 0 Å². The van der Waals surface area contributed by atoms with Crippen LogP contribution in [0, 0.1) is 5.92 Å². The van der Waals surface area contributed by atoms with Crippen LogP contribution in [0.3, 0.4) is 0 Å². The first-order valence-electron chi connectivity index (χ1n) is 13.0. The second kappa shape index (κ2) is 14.4. The Labute approximate surface area is 243 Å². The zero-order valence-corrected chi connectivity index (χ0v) is 24.0. The van der Waals surface area contributed by atoms with Crippen molar-refractivity contribution in [2.24, 2.45) is 22.4 Å². The number of amides is 2. The Morgan fingerprint density at radius 2 is 1.55 bits per heavy atom. The summed E-state index contributed by atoms with van der Waals surface area (Å²) in [4.78, 5) is 53.5. The van der Waals surface area contributed by atoms with Crippen LogP contribution in [0.5, 0.6) is 0 Å². The Morgan fingerprint density at radius 1 is 0.929 bits per heavy atom. The number of guanidine groups is 1. The van der Waals surface area contributed by atoms with Gasteiger partial charge in [-0.05, 0) is 41.3 Å². The molecule has 12 nitrogen and oxygen atoms in total. The van der Waals surface area contributed by atoms with Gasteiger partial charge in [-0.25, -0.2) is 9.79 Å². The van der Waals surface area contributed by atoms with E-state index in [0.717, 1.165) is 5.56 Å². The largest absolute Gasteiger partial charge is 0.479 e. The van der Waals surface area contributed by atoms with Gasteiger partial charge in [0.25, 0.3) is 5.91 Å². The molecule has 0 saturated heterocycles. The maximum absolute atomic E-state index is 13.6. The summed E-state index contributed by atoms with van der Waals surface area (Å²) in [6.45, 7) is 3.14. The summed E-state index contributed by atoms with van der Waals surface area (Å²) < 4.78 is 18.9. The summed E-state index contributed by atoms with van der Waals surface area (Å²) in [6, 6.07) is 21.7. The molecule has 3 rings (SSSR count). The van der Waals surface area contributed by atoms with Crippen LogP contribution >= 0.6 is 7.60 Å². The standard InChI is InChI=1S/C29H34N5O7P/c1-18(2)27(42(39,40)41-24(28(37)38)21-14-9-15-22(17-21)32-29(30)31)34-26(36)23(16-19-10-5-3-6-11-19)33-25(35)20-12-7-4-8-13-20/h3-15,17-18,23-24,27H,16H2,1-2H3,(H,33,35)(H,34,36)(H,37,38)(H,39,40)(H4,30,31,32). The van der Waals surface area contributed by atoms with E-state index >= 15 is 0 Å². The fourth-order valence-electron chi connectivity index (χ4n) is 4.13. The highest BCUT2D eigenvalue weighted by molar-refractivity contribution is 7.53. The lowest BCUT2D eigenvalue weighted by Crippen LogP contribution is -2.51. The number of nitrogens with two attached hydrogens (primary N) is 2. The van der Waals surface area contributed by atoms with Crippen molar-refractivity contribution >= 4 is 37.0 Å². The lowest BCUT2D eigenvalue weighted by atomic mass is 10.0. The van der Waals surface area contributed by atoms with Crippen LogP contribution in [0.4, 0.5) is 5.69 Å². The third-order valence-corrected chi connectivity index (χ3v) is 8.07. The molecule has 0 spiro atoms. The molecule has 0 radical (unpaired) electrons. The smallest absolute Gasteiger partial charge is 0.351 e. The number of hydrogen-bond acceptors (Lipinski definition) is 6. The number of carboxylic acid groups (broad SMARTS) is 1. The van der Waals surface area contributed by atoms with Crippen molar-refractivity contribution in [1.29, 1.82) is 0 Å². The van der Waals surface area contributed by atoms with E-state index in [9.17, 15) is 28.9 Å². The average Bonchev–Trinajstić information content (AvgIpc) is 2.94. The Balaban J connectivity index is 1.87. The summed E-state index contributed by atoms with van der Waals surface area (Å²) >= 11 is 0. The van der Waals surface area contributed by atoms with E-state index in [4.69, 9.17) is 16.0 Å². The number of carboxylic acids is 1. The summed E-state index contributed by atoms with van der Waals surface area (Å²) in [6.07, 6.45) is -1.80. The van der Waals surface area contributed by atoms with Gasteiger partial charge in [0, 0.05) is 12.0 Å². The second-order valence-corrected chi connectivity index (χ2v) is 11.7. The molecule has 222 valence electrons. The first kappa shape index (κ1) is 32.0. The molecule has 3 aromatic rings. The maximum atomic E-state index is 13.6. The van der Waals surface area contributed by atoms with Gasteiger partial charge in [0.05, 0.1) is 5.69 Å². The fourth-order valence-corrected chi connectivity index (χ4v) is 5.82. The van der Waals surface area contributed by atoms with Gasteiger partial charge in [-0.3, -0.25) is 18.7 Å². The van der Waals surface area contributed by atoms with E-state index in [1.165, 1.54) is 24.3 Å². The fraction of sp³-hybridized carbons (Fsp3) is 0.241. The molecule has 0 aliphatic heterocycles. The molecule has 0 saturated carbocycles. The minimum atomic E-state index is -4.86. The van der Waals surface area contributed by atoms with E-state index in [1.54, 1.807) is 74.5 Å². The Bertz CT molecular complexity index is 1460. The third kappa shape index (κ3) is 9.00. The predicted octanol–water partition coefficient (Wildman–Crippen LogP) is 3.06. The van der Waals surface area contributed by atoms with Crippen molar-refractivity contribution in [2.75, 3.05) is 0 Å². The van der Waals surface area contributed by atoms with Crippen LogP contribution in [0.25, 0.3) is 0 Å². The predicted molar refractivity (Wildman–Crippen MR) is 158 cm³/mol. The van der Waals surface area contributed by atoms with Crippen LogP contribution in [0.15, 0.2) is 89.9 Å². The molecule has 2 amide bonds. The molecular formula is C29H34N5O7P. The highest BCUT2D eigenvalue weighted by Gasteiger charge is 2.42. The minimum Gasteiger partial charge on any atom is -0.479 e. The minimum absolute atomic E-state index is 0.00480. The Hall–Kier alpha value is -4.51. The highest BCUT2D eigenvalue weighted by Crippen LogP contribution is 2.53. The summed E-state index contributed by atoms with van der Waals surface area (Å²) in [7, 11) is -4.86. The van der Waals surface area contributed by atoms with Crippen LogP contribution < -0.4 is 22.1 Å². The number of nitrogens with zero attached hydrogens (tertiary/aromatic N) is 1. The number of aliphatic carboxylic acids is 1. The van der Waals surface area contributed by atoms with E-state index in [2.05, 4.69) is 15.6 Å². The molecule has 0 aliphatic carbocycles. The van der Waals surface area contributed by atoms with Crippen LogP contribution in [-0.4, -0.2) is 45.6 Å². The number of rotatable bonds is 13. The van der Waals surface area contributed by atoms with Gasteiger partial charge in [0.15, 0.2) is 12.1 Å². The van der Waals surface area contributed by atoms with Gasteiger partial charge < -0.3 is 32.1 Å². The van der Waals surface area contributed by atoms with E-state index < -0.39 is 49.2 Å². The summed E-state index contributed by atoms with van der Waals surface area (Å²) in [5.74, 6) is -5.25. The quantitative estimate of drug-likeness (QED) is 0.0974. The molecule has 0 heterocycles. The number of carbonyl (C=O) groups excluding carboxylic acids is 2. The second-order valence-electron chi connectivity index (χ2n) is 9.80. The van der Waals surface area contributed by atoms with Gasteiger partial charge in [0.2, 0.25) is 5.91 Å². The lowest BCUT2D eigenvalue weighted by Gasteiger charge is -2.30. The number of nitrogens with one attached hydrogen (secondary N) is 2. The molecule has 13 heteroatoms. The number of benzene rings is 3. The monoisotopic (exact) mass is 595 g/mol. The lowest BCUT2D eigenvalue weighted by molar-refractivity contribution is -0.145. The first-order valence-corrected chi connectivity index (χ1v) is 14.7. The van der Waals surface area contributed by atoms with E-state index in [0.29, 0.717) is 5.56 Å². The SMILES string of the molecule is CC(C)C(NC(=O)C(Cc1ccccc1)NC(=O)c1ccccc1)P(=O)(O)OC(C(=O)O)c1cccc(N=C(N)N)c1. The van der Waals surface area contributed by atoms with Gasteiger partial charge in [0.1, 0.15) is 11.8 Å². The molecule has 0 bridgehead atoms. The molecule has 0 aliphatic rings. The van der Waals surface area contributed by atoms with Gasteiger partial charge in [-0.15, -0.1) is 0 Å².